The SMILES string of the molecule is C[C@@](O)(C(=O)Nc1ccc2cn[nH]c2c1)c1ccc(Br)cc1. The zero-order chi connectivity index (χ0) is 15.7. The molecule has 0 unspecified atom stereocenters. The Labute approximate surface area is 135 Å². The Bertz CT molecular complexity index is 825. The lowest BCUT2D eigenvalue weighted by Gasteiger charge is -2.23. The number of H-pyrrole nitrogens is 1. The van der Waals surface area contributed by atoms with Crippen LogP contribution in [0.4, 0.5) is 5.69 Å². The lowest BCUT2D eigenvalue weighted by Crippen LogP contribution is -2.37. The molecule has 3 N–H and O–H groups in total. The second-order valence-corrected chi connectivity index (χ2v) is 6.12. The summed E-state index contributed by atoms with van der Waals surface area (Å²) in [6, 6.07) is 12.4. The molecule has 22 heavy (non-hydrogen) atoms. The topological polar surface area (TPSA) is 78.0 Å². The number of amides is 1. The largest absolute Gasteiger partial charge is 0.376 e. The van der Waals surface area contributed by atoms with Gasteiger partial charge in [0.2, 0.25) is 0 Å². The van der Waals surface area contributed by atoms with Gasteiger partial charge in [0, 0.05) is 15.5 Å². The van der Waals surface area contributed by atoms with Crippen molar-refractivity contribution >= 4 is 38.4 Å². The fourth-order valence-electron chi connectivity index (χ4n) is 2.17. The van der Waals surface area contributed by atoms with Gasteiger partial charge in [-0.25, -0.2) is 0 Å². The van der Waals surface area contributed by atoms with Crippen molar-refractivity contribution in [3.8, 4) is 0 Å². The minimum atomic E-state index is -1.62. The maximum atomic E-state index is 12.4. The molecular formula is C16H14BrN3O2. The monoisotopic (exact) mass is 359 g/mol. The summed E-state index contributed by atoms with van der Waals surface area (Å²) in [5.41, 5.74) is 0.319. The van der Waals surface area contributed by atoms with Gasteiger partial charge < -0.3 is 10.4 Å². The summed E-state index contributed by atoms with van der Waals surface area (Å²) in [5.74, 6) is -0.492. The van der Waals surface area contributed by atoms with Gasteiger partial charge in [-0.05, 0) is 42.8 Å². The van der Waals surface area contributed by atoms with Crippen LogP contribution < -0.4 is 5.32 Å². The molecule has 1 atom stereocenters. The van der Waals surface area contributed by atoms with Crippen LogP contribution in [0.5, 0.6) is 0 Å². The molecule has 3 rings (SSSR count). The summed E-state index contributed by atoms with van der Waals surface area (Å²) in [4.78, 5) is 12.4. The van der Waals surface area contributed by atoms with Crippen molar-refractivity contribution < 1.29 is 9.90 Å². The van der Waals surface area contributed by atoms with Crippen molar-refractivity contribution in [1.29, 1.82) is 0 Å². The van der Waals surface area contributed by atoms with Crippen LogP contribution in [0, 0.1) is 0 Å². The predicted molar refractivity (Wildman–Crippen MR) is 88.4 cm³/mol. The molecule has 0 bridgehead atoms. The summed E-state index contributed by atoms with van der Waals surface area (Å²) in [6.45, 7) is 1.47. The molecule has 0 aliphatic heterocycles. The number of nitrogens with zero attached hydrogens (tertiary/aromatic N) is 1. The molecule has 6 heteroatoms. The molecule has 5 nitrogen and oxygen atoms in total. The van der Waals surface area contributed by atoms with E-state index in [0.717, 1.165) is 15.4 Å². The Morgan fingerprint density at radius 3 is 2.73 bits per heavy atom. The summed E-state index contributed by atoms with van der Waals surface area (Å²) in [5, 5.41) is 21.0. The number of benzene rings is 2. The fourth-order valence-corrected chi connectivity index (χ4v) is 2.44. The molecule has 1 heterocycles. The maximum absolute atomic E-state index is 12.4. The van der Waals surface area contributed by atoms with Gasteiger partial charge in [-0.3, -0.25) is 9.89 Å². The number of hydrogen-bond donors (Lipinski definition) is 3. The molecule has 0 radical (unpaired) electrons. The molecule has 0 fully saturated rings. The maximum Gasteiger partial charge on any atom is 0.260 e. The van der Waals surface area contributed by atoms with Gasteiger partial charge in [0.15, 0.2) is 5.60 Å². The van der Waals surface area contributed by atoms with Crippen molar-refractivity contribution in [3.05, 3.63) is 58.7 Å². The van der Waals surface area contributed by atoms with Gasteiger partial charge in [-0.1, -0.05) is 28.1 Å². The van der Waals surface area contributed by atoms with Crippen molar-refractivity contribution in [1.82, 2.24) is 10.2 Å². The normalized spacial score (nSPS) is 13.8. The number of anilines is 1. The van der Waals surface area contributed by atoms with E-state index in [9.17, 15) is 9.90 Å². The average molecular weight is 360 g/mol. The highest BCUT2D eigenvalue weighted by Crippen LogP contribution is 2.25. The Hall–Kier alpha value is -2.18. The number of aromatic nitrogens is 2. The average Bonchev–Trinajstić information content (AvgIpc) is 2.95. The Balaban J connectivity index is 1.84. The van der Waals surface area contributed by atoms with E-state index in [-0.39, 0.29) is 0 Å². The molecule has 2 aromatic carbocycles. The Morgan fingerprint density at radius 2 is 2.00 bits per heavy atom. The predicted octanol–water partition coefficient (Wildman–Crippen LogP) is 3.17. The van der Waals surface area contributed by atoms with Crippen LogP contribution in [0.1, 0.15) is 12.5 Å². The number of carbonyl (C=O) groups excluding carboxylic acids is 1. The summed E-state index contributed by atoms with van der Waals surface area (Å²) >= 11 is 3.33. The second-order valence-electron chi connectivity index (χ2n) is 5.21. The molecule has 1 amide bonds. The van der Waals surface area contributed by atoms with Crippen LogP contribution in [0.25, 0.3) is 10.9 Å². The van der Waals surface area contributed by atoms with Crippen molar-refractivity contribution in [2.24, 2.45) is 0 Å². The number of rotatable bonds is 3. The quantitative estimate of drug-likeness (QED) is 0.671. The first-order valence-electron chi connectivity index (χ1n) is 6.70. The highest BCUT2D eigenvalue weighted by Gasteiger charge is 2.32. The number of fused-ring (bicyclic) bond motifs is 1. The van der Waals surface area contributed by atoms with Gasteiger partial charge in [0.25, 0.3) is 5.91 Å². The lowest BCUT2D eigenvalue weighted by molar-refractivity contribution is -0.133. The van der Waals surface area contributed by atoms with Crippen LogP contribution in [0.3, 0.4) is 0 Å². The highest BCUT2D eigenvalue weighted by molar-refractivity contribution is 9.10. The Kier molecular flexibility index (Phi) is 3.72. The van der Waals surface area contributed by atoms with Crippen molar-refractivity contribution in [2.75, 3.05) is 5.32 Å². The van der Waals surface area contributed by atoms with E-state index in [1.54, 1.807) is 42.6 Å². The minimum Gasteiger partial charge on any atom is -0.376 e. The molecule has 0 saturated heterocycles. The summed E-state index contributed by atoms with van der Waals surface area (Å²) in [6.07, 6.45) is 1.71. The second kappa shape index (κ2) is 5.55. The molecule has 3 aromatic rings. The number of nitrogens with one attached hydrogen (secondary N) is 2. The molecule has 0 aliphatic carbocycles. The van der Waals surface area contributed by atoms with Gasteiger partial charge in [-0.2, -0.15) is 5.10 Å². The lowest BCUT2D eigenvalue weighted by atomic mass is 9.95. The first kappa shape index (κ1) is 14.7. The summed E-state index contributed by atoms with van der Waals surface area (Å²) in [7, 11) is 0. The molecule has 0 spiro atoms. The molecule has 0 saturated carbocycles. The first-order valence-corrected chi connectivity index (χ1v) is 7.49. The molecular weight excluding hydrogens is 346 g/mol. The number of aromatic amines is 1. The van der Waals surface area contributed by atoms with Crippen LogP contribution in [-0.4, -0.2) is 21.2 Å². The van der Waals surface area contributed by atoms with Crippen molar-refractivity contribution in [2.45, 2.75) is 12.5 Å². The van der Waals surface area contributed by atoms with Gasteiger partial charge in [0.05, 0.1) is 11.7 Å². The number of aliphatic hydroxyl groups is 1. The highest BCUT2D eigenvalue weighted by atomic mass is 79.9. The van der Waals surface area contributed by atoms with E-state index in [4.69, 9.17) is 0 Å². The van der Waals surface area contributed by atoms with Gasteiger partial charge in [0.1, 0.15) is 0 Å². The van der Waals surface area contributed by atoms with Gasteiger partial charge >= 0.3 is 0 Å². The molecule has 1 aromatic heterocycles. The van der Waals surface area contributed by atoms with Gasteiger partial charge in [-0.15, -0.1) is 0 Å². The third kappa shape index (κ3) is 2.75. The number of carbonyl (C=O) groups is 1. The third-order valence-electron chi connectivity index (χ3n) is 3.55. The van der Waals surface area contributed by atoms with Crippen LogP contribution in [0.2, 0.25) is 0 Å². The molecule has 112 valence electrons. The number of halogens is 1. The zero-order valence-corrected chi connectivity index (χ0v) is 13.4. The smallest absolute Gasteiger partial charge is 0.260 e. The number of hydrogen-bond acceptors (Lipinski definition) is 3. The van der Waals surface area contributed by atoms with E-state index < -0.39 is 11.5 Å². The first-order chi connectivity index (χ1) is 10.5. The van der Waals surface area contributed by atoms with E-state index >= 15 is 0 Å². The van der Waals surface area contributed by atoms with E-state index in [0.29, 0.717) is 11.3 Å². The summed E-state index contributed by atoms with van der Waals surface area (Å²) < 4.78 is 0.886. The molecule has 0 aliphatic rings. The minimum absolute atomic E-state index is 0.492. The fraction of sp³-hybridized carbons (Fsp3) is 0.125. The van der Waals surface area contributed by atoms with Crippen LogP contribution >= 0.6 is 15.9 Å². The Morgan fingerprint density at radius 1 is 1.27 bits per heavy atom. The van der Waals surface area contributed by atoms with Crippen LogP contribution in [-0.2, 0) is 10.4 Å². The standard InChI is InChI=1S/C16H14BrN3O2/c1-16(22,11-3-5-12(17)6-4-11)15(21)19-13-7-2-10-9-18-20-14(10)8-13/h2-9,22H,1H3,(H,18,20)(H,19,21)/t16-/m0/s1. The van der Waals surface area contributed by atoms with E-state index in [2.05, 4.69) is 31.4 Å². The van der Waals surface area contributed by atoms with E-state index in [1.165, 1.54) is 6.92 Å². The zero-order valence-electron chi connectivity index (χ0n) is 11.8. The van der Waals surface area contributed by atoms with Crippen LogP contribution in [0.15, 0.2) is 53.1 Å². The third-order valence-corrected chi connectivity index (χ3v) is 4.08. The van der Waals surface area contributed by atoms with Crippen molar-refractivity contribution in [3.63, 3.8) is 0 Å². The van der Waals surface area contributed by atoms with E-state index in [1.807, 2.05) is 6.07 Å².